The molecule has 0 aliphatic heterocycles. The monoisotopic (exact) mass is 293 g/mol. The Morgan fingerprint density at radius 2 is 2.20 bits per heavy atom. The van der Waals surface area contributed by atoms with E-state index >= 15 is 0 Å². The van der Waals surface area contributed by atoms with Gasteiger partial charge in [-0.15, -0.1) is 0 Å². The molecule has 1 aromatic heterocycles. The van der Waals surface area contributed by atoms with Crippen molar-refractivity contribution in [3.63, 3.8) is 0 Å². The van der Waals surface area contributed by atoms with Crippen molar-refractivity contribution in [2.45, 2.75) is 39.3 Å². The van der Waals surface area contributed by atoms with Crippen LogP contribution < -0.4 is 10.5 Å². The standard InChI is InChI=1S/C15H20ClN3O/c1-3-11(17)8-13-14(16)6-5-7-15(13)20-12-9-18-19(4-2)10-12/h5-7,9-11H,3-4,8,17H2,1-2H3. The first-order valence-electron chi connectivity index (χ1n) is 6.87. The van der Waals surface area contributed by atoms with Gasteiger partial charge in [0.25, 0.3) is 0 Å². The molecule has 1 atom stereocenters. The highest BCUT2D eigenvalue weighted by Gasteiger charge is 2.13. The van der Waals surface area contributed by atoms with Crippen LogP contribution in [0.3, 0.4) is 0 Å². The van der Waals surface area contributed by atoms with Crippen molar-refractivity contribution in [2.75, 3.05) is 0 Å². The largest absolute Gasteiger partial charge is 0.454 e. The summed E-state index contributed by atoms with van der Waals surface area (Å²) in [6, 6.07) is 5.73. The third kappa shape index (κ3) is 3.52. The summed E-state index contributed by atoms with van der Waals surface area (Å²) in [7, 11) is 0. The summed E-state index contributed by atoms with van der Waals surface area (Å²) >= 11 is 6.27. The van der Waals surface area contributed by atoms with Crippen molar-refractivity contribution in [2.24, 2.45) is 5.73 Å². The highest BCUT2D eigenvalue weighted by atomic mass is 35.5. The number of hydrogen-bond acceptors (Lipinski definition) is 3. The van der Waals surface area contributed by atoms with E-state index < -0.39 is 0 Å². The molecule has 5 heteroatoms. The van der Waals surface area contributed by atoms with Crippen LogP contribution in [-0.2, 0) is 13.0 Å². The molecular formula is C15H20ClN3O. The molecule has 1 unspecified atom stereocenters. The lowest BCUT2D eigenvalue weighted by Gasteiger charge is -2.14. The van der Waals surface area contributed by atoms with Gasteiger partial charge < -0.3 is 10.5 Å². The van der Waals surface area contributed by atoms with Gasteiger partial charge in [-0.2, -0.15) is 5.10 Å². The summed E-state index contributed by atoms with van der Waals surface area (Å²) in [4.78, 5) is 0. The van der Waals surface area contributed by atoms with Crippen LogP contribution in [0.2, 0.25) is 5.02 Å². The van der Waals surface area contributed by atoms with Crippen LogP contribution in [-0.4, -0.2) is 15.8 Å². The molecule has 2 aromatic rings. The number of nitrogens with zero attached hydrogens (tertiary/aromatic N) is 2. The van der Waals surface area contributed by atoms with Gasteiger partial charge in [0.1, 0.15) is 5.75 Å². The molecule has 0 fully saturated rings. The number of rotatable bonds is 6. The first kappa shape index (κ1) is 14.9. The number of hydrogen-bond donors (Lipinski definition) is 1. The molecule has 0 saturated heterocycles. The molecule has 108 valence electrons. The molecule has 0 saturated carbocycles. The molecule has 4 nitrogen and oxygen atoms in total. The Kier molecular flexibility index (Phi) is 5.04. The normalized spacial score (nSPS) is 12.4. The van der Waals surface area contributed by atoms with Crippen LogP contribution in [0.5, 0.6) is 11.5 Å². The number of nitrogens with two attached hydrogens (primary N) is 1. The van der Waals surface area contributed by atoms with Crippen molar-refractivity contribution in [3.8, 4) is 11.5 Å². The minimum absolute atomic E-state index is 0.0793. The highest BCUT2D eigenvalue weighted by Crippen LogP contribution is 2.31. The maximum atomic E-state index is 6.27. The van der Waals surface area contributed by atoms with E-state index in [0.29, 0.717) is 17.2 Å². The quantitative estimate of drug-likeness (QED) is 0.885. The van der Waals surface area contributed by atoms with E-state index in [1.807, 2.05) is 36.0 Å². The van der Waals surface area contributed by atoms with Crippen molar-refractivity contribution in [1.82, 2.24) is 9.78 Å². The number of benzene rings is 1. The maximum Gasteiger partial charge on any atom is 0.165 e. The van der Waals surface area contributed by atoms with Crippen molar-refractivity contribution < 1.29 is 4.74 Å². The number of halogens is 1. The molecule has 0 spiro atoms. The zero-order valence-electron chi connectivity index (χ0n) is 11.8. The second-order valence-electron chi connectivity index (χ2n) is 4.72. The van der Waals surface area contributed by atoms with Crippen LogP contribution >= 0.6 is 11.6 Å². The Morgan fingerprint density at radius 1 is 1.40 bits per heavy atom. The SMILES string of the molecule is CCC(N)Cc1c(Cl)cccc1Oc1cnn(CC)c1. The Morgan fingerprint density at radius 3 is 2.85 bits per heavy atom. The van der Waals surface area contributed by atoms with Gasteiger partial charge in [-0.3, -0.25) is 4.68 Å². The summed E-state index contributed by atoms with van der Waals surface area (Å²) in [6.45, 7) is 4.90. The topological polar surface area (TPSA) is 53.1 Å². The molecule has 2 N–H and O–H groups in total. The van der Waals surface area contributed by atoms with E-state index in [9.17, 15) is 0 Å². The van der Waals surface area contributed by atoms with Gasteiger partial charge >= 0.3 is 0 Å². The maximum absolute atomic E-state index is 6.27. The van der Waals surface area contributed by atoms with Crippen LogP contribution in [0.15, 0.2) is 30.6 Å². The lowest BCUT2D eigenvalue weighted by Crippen LogP contribution is -2.21. The zero-order valence-corrected chi connectivity index (χ0v) is 12.6. The van der Waals surface area contributed by atoms with Crippen molar-refractivity contribution in [1.29, 1.82) is 0 Å². The molecule has 0 bridgehead atoms. The van der Waals surface area contributed by atoms with E-state index in [2.05, 4.69) is 12.0 Å². The Labute approximate surface area is 124 Å². The Balaban J connectivity index is 2.24. The molecule has 20 heavy (non-hydrogen) atoms. The van der Waals surface area contributed by atoms with E-state index in [-0.39, 0.29) is 6.04 Å². The van der Waals surface area contributed by atoms with Gasteiger partial charge in [-0.05, 0) is 31.9 Å². The van der Waals surface area contributed by atoms with Crippen molar-refractivity contribution in [3.05, 3.63) is 41.2 Å². The number of aryl methyl sites for hydroxylation is 1. The van der Waals surface area contributed by atoms with E-state index in [1.165, 1.54) is 0 Å². The van der Waals surface area contributed by atoms with Gasteiger partial charge in [0.05, 0.1) is 12.4 Å². The summed E-state index contributed by atoms with van der Waals surface area (Å²) in [5.74, 6) is 1.46. The molecule has 0 radical (unpaired) electrons. The van der Waals surface area contributed by atoms with Crippen LogP contribution in [0.4, 0.5) is 0 Å². The molecule has 0 amide bonds. The fourth-order valence-corrected chi connectivity index (χ4v) is 2.18. The number of ether oxygens (including phenoxy) is 1. The predicted octanol–water partition coefficient (Wildman–Crippen LogP) is 3.63. The van der Waals surface area contributed by atoms with Gasteiger partial charge in [-0.1, -0.05) is 24.6 Å². The van der Waals surface area contributed by atoms with Crippen LogP contribution in [0, 0.1) is 0 Å². The lowest BCUT2D eigenvalue weighted by molar-refractivity contribution is 0.471. The third-order valence-corrected chi connectivity index (χ3v) is 3.58. The average molecular weight is 294 g/mol. The second-order valence-corrected chi connectivity index (χ2v) is 5.13. The smallest absolute Gasteiger partial charge is 0.165 e. The lowest BCUT2D eigenvalue weighted by atomic mass is 10.0. The fourth-order valence-electron chi connectivity index (χ4n) is 1.94. The van der Waals surface area contributed by atoms with Gasteiger partial charge in [-0.25, -0.2) is 0 Å². The minimum Gasteiger partial charge on any atom is -0.454 e. The number of aromatic nitrogens is 2. The van der Waals surface area contributed by atoms with E-state index in [0.717, 1.165) is 24.3 Å². The fraction of sp³-hybridized carbons (Fsp3) is 0.400. The first-order valence-corrected chi connectivity index (χ1v) is 7.25. The molecule has 1 aromatic carbocycles. The zero-order chi connectivity index (χ0) is 14.5. The summed E-state index contributed by atoms with van der Waals surface area (Å²) in [6.07, 6.45) is 5.17. The molecular weight excluding hydrogens is 274 g/mol. The minimum atomic E-state index is 0.0793. The third-order valence-electron chi connectivity index (χ3n) is 3.23. The summed E-state index contributed by atoms with van der Waals surface area (Å²) in [5.41, 5.74) is 6.98. The van der Waals surface area contributed by atoms with Gasteiger partial charge in [0, 0.05) is 23.2 Å². The van der Waals surface area contributed by atoms with Crippen molar-refractivity contribution >= 4 is 11.6 Å². The average Bonchev–Trinajstić information content (AvgIpc) is 2.90. The van der Waals surface area contributed by atoms with Gasteiger partial charge in [0.15, 0.2) is 5.75 Å². The summed E-state index contributed by atoms with van der Waals surface area (Å²) in [5, 5.41) is 4.88. The Bertz CT molecular complexity index is 568. The Hall–Kier alpha value is -1.52. The molecule has 1 heterocycles. The highest BCUT2D eigenvalue weighted by molar-refractivity contribution is 6.31. The van der Waals surface area contributed by atoms with Crippen LogP contribution in [0.1, 0.15) is 25.8 Å². The van der Waals surface area contributed by atoms with Crippen LogP contribution in [0.25, 0.3) is 0 Å². The predicted molar refractivity (Wildman–Crippen MR) is 81.4 cm³/mol. The molecule has 0 aliphatic carbocycles. The second kappa shape index (κ2) is 6.77. The summed E-state index contributed by atoms with van der Waals surface area (Å²) < 4.78 is 7.71. The molecule has 0 aliphatic rings. The molecule has 2 rings (SSSR count). The van der Waals surface area contributed by atoms with E-state index in [1.54, 1.807) is 6.20 Å². The first-order chi connectivity index (χ1) is 9.63. The van der Waals surface area contributed by atoms with Gasteiger partial charge in [0.2, 0.25) is 0 Å². The van der Waals surface area contributed by atoms with E-state index in [4.69, 9.17) is 22.1 Å².